The van der Waals surface area contributed by atoms with Crippen LogP contribution in [0.3, 0.4) is 0 Å². The number of hydrogen-bond acceptors (Lipinski definition) is 3. The lowest BCUT2D eigenvalue weighted by atomic mass is 10.1. The number of benzene rings is 2. The first-order valence-corrected chi connectivity index (χ1v) is 8.81. The topological polar surface area (TPSA) is 67.4 Å². The minimum Gasteiger partial charge on any atom is -0.493 e. The summed E-state index contributed by atoms with van der Waals surface area (Å²) in [5.74, 6) is 0.547. The molecule has 0 saturated heterocycles. The quantitative estimate of drug-likeness (QED) is 0.786. The molecule has 5 heteroatoms. The summed E-state index contributed by atoms with van der Waals surface area (Å²) in [6.07, 6.45) is 0. The molecule has 0 saturated carbocycles. The lowest BCUT2D eigenvalue weighted by Gasteiger charge is -2.14. The average Bonchev–Trinajstić information content (AvgIpc) is 2.60. The number of carbonyl (C=O) groups excluding carboxylic acids is 2. The molecular formula is C21H26N2O3. The van der Waals surface area contributed by atoms with Gasteiger partial charge in [0, 0.05) is 11.6 Å². The lowest BCUT2D eigenvalue weighted by Crippen LogP contribution is -2.31. The van der Waals surface area contributed by atoms with E-state index in [9.17, 15) is 9.59 Å². The number of para-hydroxylation sites is 1. The van der Waals surface area contributed by atoms with Gasteiger partial charge in [0.2, 0.25) is 0 Å². The molecule has 0 aliphatic rings. The Bertz CT molecular complexity index is 769. The highest BCUT2D eigenvalue weighted by Crippen LogP contribution is 2.19. The molecule has 0 bridgehead atoms. The van der Waals surface area contributed by atoms with E-state index in [2.05, 4.69) is 24.5 Å². The van der Waals surface area contributed by atoms with Gasteiger partial charge in [0.15, 0.2) is 0 Å². The monoisotopic (exact) mass is 354 g/mol. The average molecular weight is 354 g/mol. The first-order valence-electron chi connectivity index (χ1n) is 8.81. The normalized spacial score (nSPS) is 10.7. The fourth-order valence-corrected chi connectivity index (χ4v) is 2.31. The molecule has 0 aliphatic heterocycles. The number of amides is 2. The fraction of sp³-hybridized carbons (Fsp3) is 0.333. The largest absolute Gasteiger partial charge is 0.493 e. The fourth-order valence-electron chi connectivity index (χ4n) is 2.31. The third-order valence-electron chi connectivity index (χ3n) is 3.52. The number of ether oxygens (including phenoxy) is 1. The molecule has 0 aromatic heterocycles. The third kappa shape index (κ3) is 5.62. The van der Waals surface area contributed by atoms with E-state index in [1.54, 1.807) is 42.5 Å². The van der Waals surface area contributed by atoms with Gasteiger partial charge in [-0.15, -0.1) is 0 Å². The zero-order chi connectivity index (χ0) is 19.1. The van der Waals surface area contributed by atoms with E-state index in [0.29, 0.717) is 35.1 Å². The van der Waals surface area contributed by atoms with E-state index in [1.807, 2.05) is 19.9 Å². The van der Waals surface area contributed by atoms with Gasteiger partial charge in [0.1, 0.15) is 5.75 Å². The van der Waals surface area contributed by atoms with Crippen molar-refractivity contribution in [3.8, 4) is 5.75 Å². The summed E-state index contributed by atoms with van der Waals surface area (Å²) in [6, 6.07) is 14.0. The van der Waals surface area contributed by atoms with Gasteiger partial charge in [-0.25, -0.2) is 0 Å². The molecule has 2 amide bonds. The second kappa shape index (κ2) is 9.04. The number of carbonyl (C=O) groups is 2. The van der Waals surface area contributed by atoms with Gasteiger partial charge in [-0.2, -0.15) is 0 Å². The molecule has 0 atom stereocenters. The molecule has 138 valence electrons. The number of rotatable bonds is 7. The van der Waals surface area contributed by atoms with Gasteiger partial charge in [-0.3, -0.25) is 9.59 Å². The Morgan fingerprint density at radius 2 is 1.69 bits per heavy atom. The van der Waals surface area contributed by atoms with Crippen LogP contribution in [-0.4, -0.2) is 24.5 Å². The Hall–Kier alpha value is -2.82. The van der Waals surface area contributed by atoms with E-state index in [-0.39, 0.29) is 17.9 Å². The smallest absolute Gasteiger partial charge is 0.255 e. The van der Waals surface area contributed by atoms with Crippen LogP contribution in [0.25, 0.3) is 0 Å². The first-order chi connectivity index (χ1) is 12.4. The predicted molar refractivity (Wildman–Crippen MR) is 104 cm³/mol. The zero-order valence-corrected chi connectivity index (χ0v) is 15.7. The van der Waals surface area contributed by atoms with Crippen molar-refractivity contribution in [2.75, 3.05) is 11.9 Å². The van der Waals surface area contributed by atoms with Crippen molar-refractivity contribution in [2.24, 2.45) is 5.92 Å². The van der Waals surface area contributed by atoms with Crippen molar-refractivity contribution < 1.29 is 14.3 Å². The second-order valence-corrected chi connectivity index (χ2v) is 6.86. The molecule has 2 aromatic rings. The highest BCUT2D eigenvalue weighted by Gasteiger charge is 2.15. The van der Waals surface area contributed by atoms with Crippen LogP contribution in [0.15, 0.2) is 48.5 Å². The van der Waals surface area contributed by atoms with Crippen LogP contribution in [0.4, 0.5) is 5.69 Å². The lowest BCUT2D eigenvalue weighted by molar-refractivity contribution is 0.0944. The summed E-state index contributed by atoms with van der Waals surface area (Å²) in [6.45, 7) is 8.50. The molecular weight excluding hydrogens is 328 g/mol. The van der Waals surface area contributed by atoms with Crippen LogP contribution in [0.1, 0.15) is 48.4 Å². The van der Waals surface area contributed by atoms with E-state index in [4.69, 9.17) is 4.74 Å². The third-order valence-corrected chi connectivity index (χ3v) is 3.52. The van der Waals surface area contributed by atoms with E-state index < -0.39 is 0 Å². The molecule has 26 heavy (non-hydrogen) atoms. The molecule has 2 rings (SSSR count). The van der Waals surface area contributed by atoms with Gasteiger partial charge in [-0.05, 0) is 50.1 Å². The van der Waals surface area contributed by atoms with Gasteiger partial charge in [-0.1, -0.05) is 32.0 Å². The Balaban J connectivity index is 2.15. The van der Waals surface area contributed by atoms with Crippen molar-refractivity contribution in [2.45, 2.75) is 33.7 Å². The number of hydrogen-bond donors (Lipinski definition) is 2. The number of anilines is 1. The highest BCUT2D eigenvalue weighted by atomic mass is 16.5. The van der Waals surface area contributed by atoms with Crippen molar-refractivity contribution >= 4 is 17.5 Å². The second-order valence-electron chi connectivity index (χ2n) is 6.86. The molecule has 0 fully saturated rings. The van der Waals surface area contributed by atoms with Crippen LogP contribution >= 0.6 is 0 Å². The molecule has 5 nitrogen and oxygen atoms in total. The van der Waals surface area contributed by atoms with Crippen LogP contribution in [0.2, 0.25) is 0 Å². The first kappa shape index (κ1) is 19.5. The van der Waals surface area contributed by atoms with E-state index in [0.717, 1.165) is 0 Å². The molecule has 0 aliphatic carbocycles. The molecule has 0 heterocycles. The molecule has 0 spiro atoms. The van der Waals surface area contributed by atoms with Crippen LogP contribution < -0.4 is 15.4 Å². The molecule has 2 N–H and O–H groups in total. The SMILES string of the molecule is CC(C)COc1cccc(C(=O)Nc2ccccc2C(=O)NC(C)C)c1. The summed E-state index contributed by atoms with van der Waals surface area (Å²) in [4.78, 5) is 24.9. The molecule has 2 aromatic carbocycles. The van der Waals surface area contributed by atoms with Gasteiger partial charge in [0.05, 0.1) is 17.9 Å². The highest BCUT2D eigenvalue weighted by molar-refractivity contribution is 6.09. The maximum absolute atomic E-state index is 12.6. The maximum Gasteiger partial charge on any atom is 0.255 e. The predicted octanol–water partition coefficient (Wildman–Crippen LogP) is 4.11. The van der Waals surface area contributed by atoms with Crippen LogP contribution in [0.5, 0.6) is 5.75 Å². The number of nitrogens with one attached hydrogen (secondary N) is 2. The summed E-state index contributed by atoms with van der Waals surface area (Å²) in [5.41, 5.74) is 1.39. The van der Waals surface area contributed by atoms with Gasteiger partial charge < -0.3 is 15.4 Å². The summed E-state index contributed by atoms with van der Waals surface area (Å²) < 4.78 is 5.67. The van der Waals surface area contributed by atoms with Crippen molar-refractivity contribution in [3.05, 3.63) is 59.7 Å². The Morgan fingerprint density at radius 3 is 2.38 bits per heavy atom. The van der Waals surface area contributed by atoms with Gasteiger partial charge in [0.25, 0.3) is 11.8 Å². The summed E-state index contributed by atoms with van der Waals surface area (Å²) in [5, 5.41) is 5.66. The van der Waals surface area contributed by atoms with E-state index >= 15 is 0 Å². The van der Waals surface area contributed by atoms with Gasteiger partial charge >= 0.3 is 0 Å². The van der Waals surface area contributed by atoms with Crippen molar-refractivity contribution in [1.29, 1.82) is 0 Å². The van der Waals surface area contributed by atoms with Crippen molar-refractivity contribution in [1.82, 2.24) is 5.32 Å². The zero-order valence-electron chi connectivity index (χ0n) is 15.7. The Kier molecular flexibility index (Phi) is 6.78. The summed E-state index contributed by atoms with van der Waals surface area (Å²) >= 11 is 0. The van der Waals surface area contributed by atoms with Crippen molar-refractivity contribution in [3.63, 3.8) is 0 Å². The Morgan fingerprint density at radius 1 is 0.962 bits per heavy atom. The Labute approximate surface area is 154 Å². The summed E-state index contributed by atoms with van der Waals surface area (Å²) in [7, 11) is 0. The minimum atomic E-state index is -0.287. The van der Waals surface area contributed by atoms with Crippen LogP contribution in [-0.2, 0) is 0 Å². The molecule has 0 unspecified atom stereocenters. The van der Waals surface area contributed by atoms with E-state index in [1.165, 1.54) is 0 Å². The minimum absolute atomic E-state index is 0.0149. The van der Waals surface area contributed by atoms with Crippen LogP contribution in [0, 0.1) is 5.92 Å². The molecule has 0 radical (unpaired) electrons. The standard InChI is InChI=1S/C21H26N2O3/c1-14(2)13-26-17-9-7-8-16(12-17)20(24)23-19-11-6-5-10-18(19)21(25)22-15(3)4/h5-12,14-15H,13H2,1-4H3,(H,22,25)(H,23,24). The maximum atomic E-state index is 12.6.